The summed E-state index contributed by atoms with van der Waals surface area (Å²) in [4.78, 5) is 12.4. The van der Waals surface area contributed by atoms with Crippen molar-refractivity contribution in [2.75, 3.05) is 6.61 Å². The molecule has 0 saturated heterocycles. The fourth-order valence-corrected chi connectivity index (χ4v) is 7.47. The van der Waals surface area contributed by atoms with Crippen molar-refractivity contribution in [1.29, 1.82) is 0 Å². The Morgan fingerprint density at radius 3 is 1.04 bits per heavy atom. The maximum Gasteiger partial charge on any atom is 0.220 e. The van der Waals surface area contributed by atoms with Gasteiger partial charge in [0.1, 0.15) is 0 Å². The number of nitrogens with one attached hydrogen (secondary N) is 1. The second-order valence-electron chi connectivity index (χ2n) is 16.5. The minimum Gasteiger partial charge on any atom is -0.394 e. The average molecular weight is 746 g/mol. The van der Waals surface area contributed by atoms with Crippen LogP contribution in [-0.4, -0.2) is 34.9 Å². The van der Waals surface area contributed by atoms with Crippen molar-refractivity contribution < 1.29 is 15.0 Å². The van der Waals surface area contributed by atoms with Gasteiger partial charge in [0.05, 0.1) is 18.8 Å². The predicted molar refractivity (Wildman–Crippen MR) is 235 cm³/mol. The average Bonchev–Trinajstić information content (AvgIpc) is 3.16. The third kappa shape index (κ3) is 41.9. The number of allylic oxidation sites excluding steroid dienone is 3. The van der Waals surface area contributed by atoms with Crippen molar-refractivity contribution in [3.63, 3.8) is 0 Å². The van der Waals surface area contributed by atoms with Gasteiger partial charge in [0.2, 0.25) is 5.91 Å². The van der Waals surface area contributed by atoms with E-state index >= 15 is 0 Å². The highest BCUT2D eigenvalue weighted by molar-refractivity contribution is 5.76. The number of aliphatic hydroxyl groups excluding tert-OH is 2. The molecule has 0 saturated carbocycles. The molecule has 0 aliphatic heterocycles. The van der Waals surface area contributed by atoms with Gasteiger partial charge in [-0.1, -0.05) is 237 Å². The number of amides is 1. The second kappa shape index (κ2) is 45.3. The molecule has 0 aliphatic carbocycles. The van der Waals surface area contributed by atoms with Crippen LogP contribution in [0.25, 0.3) is 0 Å². The Hall–Kier alpha value is -1.13. The van der Waals surface area contributed by atoms with Gasteiger partial charge in [-0.15, -0.1) is 0 Å². The Kier molecular flexibility index (Phi) is 44.3. The first-order valence-corrected chi connectivity index (χ1v) is 24.1. The summed E-state index contributed by atoms with van der Waals surface area (Å²) in [6, 6.07) is -0.622. The summed E-state index contributed by atoms with van der Waals surface area (Å²) >= 11 is 0. The highest BCUT2D eigenvalue weighted by atomic mass is 16.3. The molecule has 1 amide bonds. The van der Waals surface area contributed by atoms with Gasteiger partial charge in [0.15, 0.2) is 0 Å². The molecule has 0 aliphatic rings. The van der Waals surface area contributed by atoms with Crippen LogP contribution in [0.4, 0.5) is 0 Å². The van der Waals surface area contributed by atoms with Gasteiger partial charge in [-0.05, 0) is 44.9 Å². The summed E-state index contributed by atoms with van der Waals surface area (Å²) in [5.74, 6) is -0.0652. The number of hydrogen-bond donors (Lipinski definition) is 3. The normalized spacial score (nSPS) is 13.1. The van der Waals surface area contributed by atoms with Crippen LogP contribution in [0.15, 0.2) is 24.3 Å². The summed E-state index contributed by atoms with van der Waals surface area (Å²) in [5, 5.41) is 23.1. The van der Waals surface area contributed by atoms with Gasteiger partial charge in [0.25, 0.3) is 0 Å². The molecule has 0 aromatic carbocycles. The zero-order valence-electron chi connectivity index (χ0n) is 36.1. The van der Waals surface area contributed by atoms with E-state index in [1.165, 1.54) is 218 Å². The Bertz CT molecular complexity index is 765. The quantitative estimate of drug-likeness (QED) is 0.0430. The number of carbonyl (C=O) groups excluding carboxylic acids is 1. The van der Waals surface area contributed by atoms with E-state index in [2.05, 4.69) is 31.3 Å². The molecule has 0 bridgehead atoms. The molecule has 314 valence electrons. The van der Waals surface area contributed by atoms with Gasteiger partial charge in [0, 0.05) is 6.42 Å². The van der Waals surface area contributed by atoms with Gasteiger partial charge in [-0.2, -0.15) is 0 Å². The summed E-state index contributed by atoms with van der Waals surface area (Å²) < 4.78 is 0. The maximum atomic E-state index is 12.4. The molecule has 0 aromatic rings. The fraction of sp³-hybridized carbons (Fsp3) is 0.898. The number of hydrogen-bond acceptors (Lipinski definition) is 3. The molecular formula is C49H95NO3. The van der Waals surface area contributed by atoms with E-state index in [0.29, 0.717) is 6.42 Å². The zero-order chi connectivity index (χ0) is 38.6. The summed E-state index contributed by atoms with van der Waals surface area (Å²) in [7, 11) is 0. The van der Waals surface area contributed by atoms with Crippen molar-refractivity contribution in [3.8, 4) is 0 Å². The van der Waals surface area contributed by atoms with Crippen LogP contribution in [0.3, 0.4) is 0 Å². The Labute approximate surface area is 332 Å². The Balaban J connectivity index is 3.53. The molecule has 0 radical (unpaired) electrons. The van der Waals surface area contributed by atoms with E-state index < -0.39 is 12.1 Å². The molecule has 0 spiro atoms. The van der Waals surface area contributed by atoms with Crippen LogP contribution in [0.5, 0.6) is 0 Å². The van der Waals surface area contributed by atoms with Crippen LogP contribution >= 0.6 is 0 Å². The minimum absolute atomic E-state index is 0.0652. The number of aliphatic hydroxyl groups is 2. The molecule has 3 N–H and O–H groups in total. The van der Waals surface area contributed by atoms with Crippen LogP contribution < -0.4 is 5.32 Å². The first-order chi connectivity index (χ1) is 26.2. The van der Waals surface area contributed by atoms with Gasteiger partial charge < -0.3 is 15.5 Å². The van der Waals surface area contributed by atoms with E-state index in [1.807, 2.05) is 6.08 Å². The lowest BCUT2D eigenvalue weighted by Gasteiger charge is -2.20. The van der Waals surface area contributed by atoms with Crippen molar-refractivity contribution in [3.05, 3.63) is 24.3 Å². The lowest BCUT2D eigenvalue weighted by Crippen LogP contribution is -2.45. The van der Waals surface area contributed by atoms with E-state index in [4.69, 9.17) is 0 Å². The summed E-state index contributed by atoms with van der Waals surface area (Å²) in [6.45, 7) is 4.33. The molecule has 4 nitrogen and oxygen atoms in total. The second-order valence-corrected chi connectivity index (χ2v) is 16.5. The lowest BCUT2D eigenvalue weighted by molar-refractivity contribution is -0.123. The highest BCUT2D eigenvalue weighted by Gasteiger charge is 2.18. The topological polar surface area (TPSA) is 69.6 Å². The van der Waals surface area contributed by atoms with Crippen LogP contribution in [0, 0.1) is 0 Å². The lowest BCUT2D eigenvalue weighted by atomic mass is 10.0. The highest BCUT2D eigenvalue weighted by Crippen LogP contribution is 2.16. The summed E-state index contributed by atoms with van der Waals surface area (Å²) in [6.07, 6.45) is 58.7. The van der Waals surface area contributed by atoms with E-state index in [0.717, 1.165) is 25.7 Å². The minimum atomic E-state index is -0.839. The standard InChI is InChI=1S/C49H95NO3/c1-3-5-7-9-11-13-15-17-19-21-23-24-25-26-27-29-31-33-35-37-39-41-43-45-49(53)50-47(46-51)48(52)44-42-40-38-36-34-32-30-28-22-20-18-16-14-12-10-8-6-4-2/h26-27,42,44,47-48,51-52H,3-25,28-41,43,45-46H2,1-2H3,(H,50,53)/b27-26-,44-42+. The maximum absolute atomic E-state index is 12.4. The first-order valence-electron chi connectivity index (χ1n) is 24.1. The SMILES string of the molecule is CCCCCCCCCCCCCC/C=C\CCCCCCCCCC(=O)NC(CO)C(O)/C=C/CCCCCCCCCCCCCCCCCC. The molecule has 4 heteroatoms. The van der Waals surface area contributed by atoms with Crippen LogP contribution in [0.1, 0.15) is 264 Å². The fourth-order valence-electron chi connectivity index (χ4n) is 7.47. The van der Waals surface area contributed by atoms with E-state index in [9.17, 15) is 15.0 Å². The molecule has 0 rings (SSSR count). The van der Waals surface area contributed by atoms with Crippen LogP contribution in [-0.2, 0) is 4.79 Å². The number of rotatable bonds is 44. The third-order valence-corrected chi connectivity index (χ3v) is 11.2. The monoisotopic (exact) mass is 746 g/mol. The molecule has 0 aromatic heterocycles. The first kappa shape index (κ1) is 51.9. The molecule has 2 atom stereocenters. The largest absolute Gasteiger partial charge is 0.394 e. The Morgan fingerprint density at radius 2 is 0.717 bits per heavy atom. The van der Waals surface area contributed by atoms with Gasteiger partial charge >= 0.3 is 0 Å². The molecule has 0 fully saturated rings. The number of unbranched alkanes of at least 4 members (excludes halogenated alkanes) is 35. The van der Waals surface area contributed by atoms with Crippen molar-refractivity contribution in [2.45, 2.75) is 276 Å². The van der Waals surface area contributed by atoms with Crippen molar-refractivity contribution in [2.24, 2.45) is 0 Å². The van der Waals surface area contributed by atoms with Crippen LogP contribution in [0.2, 0.25) is 0 Å². The van der Waals surface area contributed by atoms with Crippen molar-refractivity contribution in [1.82, 2.24) is 5.32 Å². The smallest absolute Gasteiger partial charge is 0.220 e. The summed E-state index contributed by atoms with van der Waals surface area (Å²) in [5.41, 5.74) is 0. The molecule has 0 heterocycles. The van der Waals surface area contributed by atoms with E-state index in [-0.39, 0.29) is 12.5 Å². The van der Waals surface area contributed by atoms with Gasteiger partial charge in [-0.3, -0.25) is 4.79 Å². The Morgan fingerprint density at radius 1 is 0.434 bits per heavy atom. The third-order valence-electron chi connectivity index (χ3n) is 11.2. The molecular weight excluding hydrogens is 651 g/mol. The molecule has 2 unspecified atom stereocenters. The molecule has 53 heavy (non-hydrogen) atoms. The predicted octanol–water partition coefficient (Wildman–Crippen LogP) is 15.2. The van der Waals surface area contributed by atoms with Gasteiger partial charge in [-0.25, -0.2) is 0 Å². The van der Waals surface area contributed by atoms with E-state index in [1.54, 1.807) is 6.08 Å². The zero-order valence-corrected chi connectivity index (χ0v) is 36.1. The van der Waals surface area contributed by atoms with Crippen molar-refractivity contribution >= 4 is 5.91 Å². The number of carbonyl (C=O) groups is 1.